The van der Waals surface area contributed by atoms with Gasteiger partial charge in [-0.25, -0.2) is 0 Å². The quantitative estimate of drug-likeness (QED) is 0.647. The second-order valence-corrected chi connectivity index (χ2v) is 6.03. The van der Waals surface area contributed by atoms with Gasteiger partial charge in [-0.15, -0.1) is 0 Å². The number of aryl methyl sites for hydroxylation is 2. The van der Waals surface area contributed by atoms with Crippen LogP contribution in [0, 0.1) is 12.3 Å². The number of aromatic nitrogens is 2. The molecule has 1 saturated carbocycles. The highest BCUT2D eigenvalue weighted by Crippen LogP contribution is 2.49. The summed E-state index contributed by atoms with van der Waals surface area (Å²) < 4.78 is 3.19. The van der Waals surface area contributed by atoms with Crippen LogP contribution >= 0.6 is 15.9 Å². The van der Waals surface area contributed by atoms with E-state index < -0.39 is 0 Å². The van der Waals surface area contributed by atoms with E-state index in [1.165, 1.54) is 18.5 Å². The van der Waals surface area contributed by atoms with Crippen LogP contribution in [0.15, 0.2) is 4.47 Å². The fourth-order valence-electron chi connectivity index (χ4n) is 2.31. The van der Waals surface area contributed by atoms with Crippen LogP contribution in [0.3, 0.4) is 0 Å². The summed E-state index contributed by atoms with van der Waals surface area (Å²) in [6.07, 6.45) is 3.46. The fourth-order valence-corrected chi connectivity index (χ4v) is 2.76. The lowest BCUT2D eigenvalue weighted by molar-refractivity contribution is 0.351. The van der Waals surface area contributed by atoms with Gasteiger partial charge in [0.15, 0.2) is 0 Å². The molecule has 17 heavy (non-hydrogen) atoms. The first-order valence-electron chi connectivity index (χ1n) is 6.19. The Morgan fingerprint density at radius 3 is 2.71 bits per heavy atom. The molecule has 3 N–H and O–H groups in total. The summed E-state index contributed by atoms with van der Waals surface area (Å²) in [6, 6.07) is 0.334. The molecule has 0 saturated heterocycles. The molecule has 0 aliphatic heterocycles. The van der Waals surface area contributed by atoms with Crippen LogP contribution in [0.4, 0.5) is 0 Å². The summed E-state index contributed by atoms with van der Waals surface area (Å²) in [4.78, 5) is 0. The van der Waals surface area contributed by atoms with Crippen molar-refractivity contribution in [1.29, 1.82) is 0 Å². The molecule has 0 bridgehead atoms. The Bertz CT molecular complexity index is 409. The van der Waals surface area contributed by atoms with Gasteiger partial charge in [0.05, 0.1) is 15.9 Å². The third-order valence-corrected chi connectivity index (χ3v) is 4.96. The van der Waals surface area contributed by atoms with Crippen molar-refractivity contribution in [3.8, 4) is 0 Å². The molecular formula is C12H21BrN4. The molecule has 4 nitrogen and oxygen atoms in total. The van der Waals surface area contributed by atoms with Gasteiger partial charge in [0.2, 0.25) is 0 Å². The Morgan fingerprint density at radius 1 is 1.59 bits per heavy atom. The van der Waals surface area contributed by atoms with Gasteiger partial charge in [-0.2, -0.15) is 5.10 Å². The average Bonchev–Trinajstić information content (AvgIpc) is 2.99. The summed E-state index contributed by atoms with van der Waals surface area (Å²) in [7, 11) is 0. The van der Waals surface area contributed by atoms with Crippen molar-refractivity contribution in [3.63, 3.8) is 0 Å². The molecular weight excluding hydrogens is 280 g/mol. The zero-order chi connectivity index (χ0) is 12.6. The maximum atomic E-state index is 5.70. The van der Waals surface area contributed by atoms with Crippen LogP contribution in [0.25, 0.3) is 0 Å². The number of rotatable bonds is 5. The fraction of sp³-hybridized carbons (Fsp3) is 0.750. The van der Waals surface area contributed by atoms with Crippen molar-refractivity contribution in [1.82, 2.24) is 15.2 Å². The van der Waals surface area contributed by atoms with Crippen LogP contribution < -0.4 is 11.3 Å². The zero-order valence-corrected chi connectivity index (χ0v) is 12.3. The first-order valence-corrected chi connectivity index (χ1v) is 6.99. The van der Waals surface area contributed by atoms with Crippen LogP contribution in [-0.2, 0) is 13.0 Å². The molecule has 0 spiro atoms. The molecule has 1 aliphatic carbocycles. The van der Waals surface area contributed by atoms with Gasteiger partial charge in [0.1, 0.15) is 0 Å². The van der Waals surface area contributed by atoms with Crippen molar-refractivity contribution in [2.24, 2.45) is 11.3 Å². The van der Waals surface area contributed by atoms with Crippen molar-refractivity contribution in [2.75, 3.05) is 0 Å². The first-order chi connectivity index (χ1) is 8.01. The van der Waals surface area contributed by atoms with Gasteiger partial charge in [0.25, 0.3) is 0 Å². The molecule has 2 rings (SSSR count). The van der Waals surface area contributed by atoms with Crippen molar-refractivity contribution in [3.05, 3.63) is 15.9 Å². The predicted octanol–water partition coefficient (Wildman–Crippen LogP) is 2.15. The van der Waals surface area contributed by atoms with Crippen molar-refractivity contribution in [2.45, 2.75) is 52.6 Å². The van der Waals surface area contributed by atoms with E-state index in [9.17, 15) is 0 Å². The number of nitrogens with zero attached hydrogens (tertiary/aromatic N) is 2. The van der Waals surface area contributed by atoms with E-state index in [0.29, 0.717) is 11.5 Å². The first kappa shape index (κ1) is 13.1. The minimum absolute atomic E-state index is 0.334. The Labute approximate surface area is 111 Å². The summed E-state index contributed by atoms with van der Waals surface area (Å²) >= 11 is 3.63. The Kier molecular flexibility index (Phi) is 3.61. The number of nitrogens with two attached hydrogens (primary N) is 1. The van der Waals surface area contributed by atoms with Gasteiger partial charge < -0.3 is 0 Å². The predicted molar refractivity (Wildman–Crippen MR) is 72.5 cm³/mol. The van der Waals surface area contributed by atoms with E-state index in [-0.39, 0.29) is 0 Å². The Hall–Kier alpha value is -0.390. The lowest BCUT2D eigenvalue weighted by Crippen LogP contribution is -2.43. The number of nitrogens with one attached hydrogen (secondary N) is 1. The highest BCUT2D eigenvalue weighted by atomic mass is 79.9. The second-order valence-electron chi connectivity index (χ2n) is 5.24. The lowest BCUT2D eigenvalue weighted by Gasteiger charge is -2.23. The number of hydrogen-bond donors (Lipinski definition) is 2. The molecule has 5 heteroatoms. The number of hydrogen-bond acceptors (Lipinski definition) is 3. The topological polar surface area (TPSA) is 55.9 Å². The van der Waals surface area contributed by atoms with Gasteiger partial charge in [-0.3, -0.25) is 16.0 Å². The van der Waals surface area contributed by atoms with Gasteiger partial charge in [-0.1, -0.05) is 6.92 Å². The van der Waals surface area contributed by atoms with Crippen LogP contribution in [-0.4, -0.2) is 15.8 Å². The van der Waals surface area contributed by atoms with Crippen LogP contribution in [0.1, 0.15) is 38.1 Å². The Morgan fingerprint density at radius 2 is 2.24 bits per heavy atom. The largest absolute Gasteiger partial charge is 0.271 e. The Balaban J connectivity index is 2.22. The molecule has 1 aromatic heterocycles. The molecule has 1 aromatic rings. The van der Waals surface area contributed by atoms with Crippen LogP contribution in [0.5, 0.6) is 0 Å². The minimum atomic E-state index is 0.334. The molecule has 96 valence electrons. The summed E-state index contributed by atoms with van der Waals surface area (Å²) in [5, 5.41) is 4.52. The standard InChI is InChI=1S/C12H21BrN4/c1-4-17-9(11(13)8(2)16-17)7-10(15-14)12(3)5-6-12/h10,15H,4-7,14H2,1-3H3. The van der Waals surface area contributed by atoms with E-state index in [4.69, 9.17) is 5.84 Å². The number of halogens is 1. The van der Waals surface area contributed by atoms with Crippen molar-refractivity contribution < 1.29 is 0 Å². The second kappa shape index (κ2) is 4.71. The zero-order valence-electron chi connectivity index (χ0n) is 10.8. The third-order valence-electron chi connectivity index (χ3n) is 3.93. The van der Waals surface area contributed by atoms with E-state index in [2.05, 4.69) is 45.0 Å². The monoisotopic (exact) mass is 300 g/mol. The molecule has 0 amide bonds. The molecule has 0 radical (unpaired) electrons. The SMILES string of the molecule is CCn1nc(C)c(Br)c1CC(NN)C1(C)CC1. The smallest absolute Gasteiger partial charge is 0.0738 e. The van der Waals surface area contributed by atoms with Crippen molar-refractivity contribution >= 4 is 15.9 Å². The van der Waals surface area contributed by atoms with E-state index >= 15 is 0 Å². The summed E-state index contributed by atoms with van der Waals surface area (Å²) in [5.74, 6) is 5.70. The average molecular weight is 301 g/mol. The van der Waals surface area contributed by atoms with Gasteiger partial charge in [-0.05, 0) is 48.0 Å². The van der Waals surface area contributed by atoms with Gasteiger partial charge in [0, 0.05) is 19.0 Å². The normalized spacial score (nSPS) is 19.4. The highest BCUT2D eigenvalue weighted by Gasteiger charge is 2.44. The number of hydrazine groups is 1. The van der Waals surface area contributed by atoms with E-state index in [1.54, 1.807) is 0 Å². The van der Waals surface area contributed by atoms with Gasteiger partial charge >= 0.3 is 0 Å². The molecule has 1 fully saturated rings. The van der Waals surface area contributed by atoms with Crippen LogP contribution in [0.2, 0.25) is 0 Å². The molecule has 1 atom stereocenters. The van der Waals surface area contributed by atoms with E-state index in [0.717, 1.165) is 23.1 Å². The maximum absolute atomic E-state index is 5.70. The third kappa shape index (κ3) is 2.41. The molecule has 1 aliphatic rings. The maximum Gasteiger partial charge on any atom is 0.0738 e. The molecule has 1 unspecified atom stereocenters. The lowest BCUT2D eigenvalue weighted by atomic mass is 9.95. The molecule has 0 aromatic carbocycles. The van der Waals surface area contributed by atoms with E-state index in [1.807, 2.05) is 6.92 Å². The highest BCUT2D eigenvalue weighted by molar-refractivity contribution is 9.10. The summed E-state index contributed by atoms with van der Waals surface area (Å²) in [5.41, 5.74) is 5.65. The minimum Gasteiger partial charge on any atom is -0.271 e. The summed E-state index contributed by atoms with van der Waals surface area (Å²) in [6.45, 7) is 7.34. The molecule has 1 heterocycles.